The Kier molecular flexibility index (Phi) is 5.44. The van der Waals surface area contributed by atoms with E-state index < -0.39 is 17.3 Å². The third kappa shape index (κ3) is 3.81. The van der Waals surface area contributed by atoms with Gasteiger partial charge in [-0.1, -0.05) is 6.92 Å². The zero-order valence-electron chi connectivity index (χ0n) is 10.5. The van der Waals surface area contributed by atoms with Crippen LogP contribution in [0.5, 0.6) is 0 Å². The first kappa shape index (κ1) is 14.9. The zero-order chi connectivity index (χ0) is 12.9. The van der Waals surface area contributed by atoms with Gasteiger partial charge in [-0.25, -0.2) is 0 Å². The Morgan fingerprint density at radius 2 is 1.94 bits per heavy atom. The number of carbonyl (C=O) groups excluding carboxylic acids is 1. The van der Waals surface area contributed by atoms with Gasteiger partial charge in [0.05, 0.1) is 11.3 Å². The molecule has 0 aliphatic heterocycles. The van der Waals surface area contributed by atoms with Gasteiger partial charge in [-0.15, -0.1) is 0 Å². The minimum absolute atomic E-state index is 0.0920. The van der Waals surface area contributed by atoms with Crippen LogP contribution in [0.3, 0.4) is 0 Å². The fraction of sp³-hybridized carbons (Fsp3) is 0.818. The van der Waals surface area contributed by atoms with E-state index in [0.29, 0.717) is 6.54 Å². The van der Waals surface area contributed by atoms with Gasteiger partial charge in [0.25, 0.3) is 0 Å². The molecule has 1 amide bonds. The predicted octanol–water partition coefficient (Wildman–Crippen LogP) is 0.541. The van der Waals surface area contributed by atoms with Crippen LogP contribution in [-0.2, 0) is 9.59 Å². The van der Waals surface area contributed by atoms with Crippen LogP contribution in [0.1, 0.15) is 27.7 Å². The number of amides is 1. The van der Waals surface area contributed by atoms with E-state index in [9.17, 15) is 9.59 Å². The molecule has 1 atom stereocenters. The Labute approximate surface area is 96.6 Å². The standard InChI is InChI=1S/C11H22N2O3/c1-5-13(6-8(2)9(14)15)10(16)11(3,4)7-12/h8H,5-7,12H2,1-4H3,(H,14,15). The number of hydrogen-bond donors (Lipinski definition) is 2. The largest absolute Gasteiger partial charge is 0.481 e. The van der Waals surface area contributed by atoms with Gasteiger partial charge in [-0.2, -0.15) is 0 Å². The number of nitrogens with two attached hydrogens (primary N) is 1. The van der Waals surface area contributed by atoms with Crippen molar-refractivity contribution in [2.45, 2.75) is 27.7 Å². The van der Waals surface area contributed by atoms with Gasteiger partial charge < -0.3 is 15.7 Å². The molecule has 0 saturated heterocycles. The van der Waals surface area contributed by atoms with Crippen LogP contribution < -0.4 is 5.73 Å². The molecule has 0 bridgehead atoms. The van der Waals surface area contributed by atoms with E-state index in [-0.39, 0.29) is 19.0 Å². The maximum Gasteiger partial charge on any atom is 0.308 e. The molecule has 16 heavy (non-hydrogen) atoms. The first-order chi connectivity index (χ1) is 7.26. The SMILES string of the molecule is CCN(CC(C)C(=O)O)C(=O)C(C)(C)CN. The Balaban J connectivity index is 4.62. The van der Waals surface area contributed by atoms with Crippen molar-refractivity contribution in [3.63, 3.8) is 0 Å². The topological polar surface area (TPSA) is 83.6 Å². The lowest BCUT2D eigenvalue weighted by molar-refractivity contribution is -0.145. The normalized spacial score (nSPS) is 13.3. The molecule has 0 spiro atoms. The number of carboxylic acid groups (broad SMARTS) is 1. The first-order valence-corrected chi connectivity index (χ1v) is 5.48. The highest BCUT2D eigenvalue weighted by Crippen LogP contribution is 2.17. The molecule has 0 aromatic rings. The molecule has 5 heteroatoms. The van der Waals surface area contributed by atoms with Crippen molar-refractivity contribution in [2.24, 2.45) is 17.1 Å². The summed E-state index contributed by atoms with van der Waals surface area (Å²) in [5.74, 6) is -1.54. The van der Waals surface area contributed by atoms with Crippen LogP contribution in [0.2, 0.25) is 0 Å². The highest BCUT2D eigenvalue weighted by Gasteiger charge is 2.31. The summed E-state index contributed by atoms with van der Waals surface area (Å²) in [6.45, 7) is 7.94. The summed E-state index contributed by atoms with van der Waals surface area (Å²) in [6.07, 6.45) is 0. The van der Waals surface area contributed by atoms with Gasteiger partial charge in [0.1, 0.15) is 0 Å². The van der Waals surface area contributed by atoms with Gasteiger partial charge in [0, 0.05) is 19.6 Å². The molecule has 0 rings (SSSR count). The Bertz CT molecular complexity index is 264. The second-order valence-electron chi connectivity index (χ2n) is 4.67. The number of carbonyl (C=O) groups is 2. The molecular weight excluding hydrogens is 208 g/mol. The average molecular weight is 230 g/mol. The molecule has 0 aliphatic carbocycles. The Morgan fingerprint density at radius 1 is 1.44 bits per heavy atom. The summed E-state index contributed by atoms with van der Waals surface area (Å²) in [5, 5.41) is 8.81. The third-order valence-electron chi connectivity index (χ3n) is 2.67. The number of carboxylic acids is 1. The highest BCUT2D eigenvalue weighted by atomic mass is 16.4. The molecule has 0 aromatic carbocycles. The minimum atomic E-state index is -0.892. The summed E-state index contributed by atoms with van der Waals surface area (Å²) >= 11 is 0. The monoisotopic (exact) mass is 230 g/mol. The molecule has 5 nitrogen and oxygen atoms in total. The smallest absolute Gasteiger partial charge is 0.308 e. The van der Waals surface area contributed by atoms with E-state index in [4.69, 9.17) is 10.8 Å². The van der Waals surface area contributed by atoms with Crippen LogP contribution in [-0.4, -0.2) is 41.5 Å². The molecule has 0 fully saturated rings. The molecular formula is C11H22N2O3. The Hall–Kier alpha value is -1.10. The summed E-state index contributed by atoms with van der Waals surface area (Å²) in [6, 6.07) is 0. The van der Waals surface area contributed by atoms with Gasteiger partial charge >= 0.3 is 5.97 Å². The molecule has 0 aromatic heterocycles. The van der Waals surface area contributed by atoms with Crippen LogP contribution in [0.15, 0.2) is 0 Å². The van der Waals surface area contributed by atoms with Crippen molar-refractivity contribution in [3.05, 3.63) is 0 Å². The van der Waals surface area contributed by atoms with Gasteiger partial charge in [-0.05, 0) is 20.8 Å². The first-order valence-electron chi connectivity index (χ1n) is 5.48. The molecule has 94 valence electrons. The lowest BCUT2D eigenvalue weighted by atomic mass is 9.91. The van der Waals surface area contributed by atoms with Crippen molar-refractivity contribution in [1.29, 1.82) is 0 Å². The second kappa shape index (κ2) is 5.84. The molecule has 0 saturated carbocycles. The van der Waals surface area contributed by atoms with Crippen molar-refractivity contribution < 1.29 is 14.7 Å². The fourth-order valence-electron chi connectivity index (χ4n) is 1.28. The van der Waals surface area contributed by atoms with Crippen molar-refractivity contribution >= 4 is 11.9 Å². The van der Waals surface area contributed by atoms with Gasteiger partial charge in [-0.3, -0.25) is 9.59 Å². The van der Waals surface area contributed by atoms with Gasteiger partial charge in [0.15, 0.2) is 0 Å². The van der Waals surface area contributed by atoms with Gasteiger partial charge in [0.2, 0.25) is 5.91 Å². The summed E-state index contributed by atoms with van der Waals surface area (Å²) < 4.78 is 0. The van der Waals surface area contributed by atoms with E-state index in [1.165, 1.54) is 0 Å². The highest BCUT2D eigenvalue weighted by molar-refractivity contribution is 5.82. The van der Waals surface area contributed by atoms with Crippen LogP contribution in [0, 0.1) is 11.3 Å². The van der Waals surface area contributed by atoms with Crippen molar-refractivity contribution in [2.75, 3.05) is 19.6 Å². The van der Waals surface area contributed by atoms with Crippen LogP contribution in [0.4, 0.5) is 0 Å². The predicted molar refractivity (Wildman–Crippen MR) is 61.9 cm³/mol. The maximum atomic E-state index is 12.0. The van der Waals surface area contributed by atoms with Crippen LogP contribution >= 0.6 is 0 Å². The Morgan fingerprint density at radius 3 is 2.25 bits per heavy atom. The second-order valence-corrected chi connectivity index (χ2v) is 4.67. The minimum Gasteiger partial charge on any atom is -0.481 e. The molecule has 3 N–H and O–H groups in total. The lowest BCUT2D eigenvalue weighted by Crippen LogP contribution is -2.46. The fourth-order valence-corrected chi connectivity index (χ4v) is 1.28. The molecule has 0 radical (unpaired) electrons. The summed E-state index contributed by atoms with van der Waals surface area (Å²) in [5.41, 5.74) is 4.90. The molecule has 0 aliphatic rings. The third-order valence-corrected chi connectivity index (χ3v) is 2.67. The number of nitrogens with zero attached hydrogens (tertiary/aromatic N) is 1. The summed E-state index contributed by atoms with van der Waals surface area (Å²) in [4.78, 5) is 24.3. The van der Waals surface area contributed by atoms with E-state index in [1.807, 2.05) is 6.92 Å². The van der Waals surface area contributed by atoms with E-state index in [0.717, 1.165) is 0 Å². The number of hydrogen-bond acceptors (Lipinski definition) is 3. The van der Waals surface area contributed by atoms with E-state index in [1.54, 1.807) is 25.7 Å². The lowest BCUT2D eigenvalue weighted by Gasteiger charge is -2.31. The van der Waals surface area contributed by atoms with E-state index >= 15 is 0 Å². The van der Waals surface area contributed by atoms with Crippen molar-refractivity contribution in [3.8, 4) is 0 Å². The van der Waals surface area contributed by atoms with E-state index in [2.05, 4.69) is 0 Å². The average Bonchev–Trinajstić information content (AvgIpc) is 2.24. The van der Waals surface area contributed by atoms with Crippen molar-refractivity contribution in [1.82, 2.24) is 4.90 Å². The number of rotatable bonds is 6. The number of aliphatic carboxylic acids is 1. The molecule has 0 heterocycles. The summed E-state index contributed by atoms with van der Waals surface area (Å²) in [7, 11) is 0. The quantitative estimate of drug-likeness (QED) is 0.697. The zero-order valence-corrected chi connectivity index (χ0v) is 10.5. The van der Waals surface area contributed by atoms with Crippen LogP contribution in [0.25, 0.3) is 0 Å². The maximum absolute atomic E-state index is 12.0. The molecule has 1 unspecified atom stereocenters.